The van der Waals surface area contributed by atoms with Crippen LogP contribution in [0.5, 0.6) is 0 Å². The van der Waals surface area contributed by atoms with Crippen LogP contribution in [0, 0.1) is 6.92 Å². The number of aryl methyl sites for hydroxylation is 1. The Bertz CT molecular complexity index is 368. The molecule has 1 heterocycles. The van der Waals surface area contributed by atoms with E-state index in [0.717, 1.165) is 5.69 Å². The number of hydrogen-bond acceptors (Lipinski definition) is 5. The molecule has 0 fully saturated rings. The minimum atomic E-state index is -0.460. The smallest absolute Gasteiger partial charge is 0.319 e. The average molecular weight is 243 g/mol. The van der Waals surface area contributed by atoms with E-state index in [9.17, 15) is 4.79 Å². The standard InChI is InChI=1S/C11H17NO3S/c1-7-6-14-10(12-7)16-8(2)9(13)15-11(3,4)5/h6,8H,1-5H3. The van der Waals surface area contributed by atoms with Crippen molar-refractivity contribution in [2.45, 2.75) is 50.7 Å². The molecule has 1 aromatic rings. The number of carbonyl (C=O) groups excluding carboxylic acids is 1. The predicted molar refractivity (Wildman–Crippen MR) is 62.4 cm³/mol. The highest BCUT2D eigenvalue weighted by Crippen LogP contribution is 2.24. The summed E-state index contributed by atoms with van der Waals surface area (Å²) < 4.78 is 10.4. The number of hydrogen-bond donors (Lipinski definition) is 0. The summed E-state index contributed by atoms with van der Waals surface area (Å²) in [6, 6.07) is 0. The van der Waals surface area contributed by atoms with Gasteiger partial charge in [0, 0.05) is 0 Å². The van der Waals surface area contributed by atoms with Crippen molar-refractivity contribution in [2.75, 3.05) is 0 Å². The quantitative estimate of drug-likeness (QED) is 0.603. The Labute approximate surface area is 99.8 Å². The number of thioether (sulfide) groups is 1. The van der Waals surface area contributed by atoms with Crippen LogP contribution < -0.4 is 0 Å². The minimum absolute atomic E-state index is 0.256. The van der Waals surface area contributed by atoms with E-state index in [4.69, 9.17) is 9.15 Å². The van der Waals surface area contributed by atoms with Crippen LogP contribution in [0.3, 0.4) is 0 Å². The summed E-state index contributed by atoms with van der Waals surface area (Å²) in [4.78, 5) is 15.8. The summed E-state index contributed by atoms with van der Waals surface area (Å²) in [5.41, 5.74) is 0.345. The van der Waals surface area contributed by atoms with Crippen LogP contribution in [0.25, 0.3) is 0 Å². The largest absolute Gasteiger partial charge is 0.459 e. The molecular formula is C11H17NO3S. The maximum absolute atomic E-state index is 11.7. The Morgan fingerprint density at radius 2 is 2.19 bits per heavy atom. The summed E-state index contributed by atoms with van der Waals surface area (Å²) in [5.74, 6) is -0.256. The SMILES string of the molecule is Cc1coc(SC(C)C(=O)OC(C)(C)C)n1. The van der Waals surface area contributed by atoms with Crippen LogP contribution in [0.15, 0.2) is 15.9 Å². The van der Waals surface area contributed by atoms with E-state index in [1.165, 1.54) is 11.8 Å². The zero-order valence-electron chi connectivity index (χ0n) is 10.2. The van der Waals surface area contributed by atoms with Crippen molar-refractivity contribution in [3.05, 3.63) is 12.0 Å². The number of aromatic nitrogens is 1. The van der Waals surface area contributed by atoms with Gasteiger partial charge in [-0.1, -0.05) is 11.8 Å². The molecule has 90 valence electrons. The molecule has 1 atom stereocenters. The number of oxazole rings is 1. The fraction of sp³-hybridized carbons (Fsp3) is 0.636. The van der Waals surface area contributed by atoms with E-state index in [2.05, 4.69) is 4.98 Å². The van der Waals surface area contributed by atoms with E-state index in [1.54, 1.807) is 13.2 Å². The molecule has 0 aliphatic rings. The molecule has 4 nitrogen and oxygen atoms in total. The van der Waals surface area contributed by atoms with Crippen LogP contribution in [0.1, 0.15) is 33.4 Å². The Morgan fingerprint density at radius 1 is 1.56 bits per heavy atom. The van der Waals surface area contributed by atoms with Gasteiger partial charge in [0.2, 0.25) is 0 Å². The molecule has 0 saturated heterocycles. The van der Waals surface area contributed by atoms with Gasteiger partial charge in [-0.2, -0.15) is 0 Å². The first kappa shape index (κ1) is 13.1. The molecule has 0 aromatic carbocycles. The van der Waals surface area contributed by atoms with Crippen molar-refractivity contribution < 1.29 is 13.9 Å². The van der Waals surface area contributed by atoms with Crippen molar-refractivity contribution in [2.24, 2.45) is 0 Å². The summed E-state index contributed by atoms with van der Waals surface area (Å²) in [6.07, 6.45) is 1.56. The zero-order valence-corrected chi connectivity index (χ0v) is 11.1. The highest BCUT2D eigenvalue weighted by Gasteiger charge is 2.23. The third-order valence-electron chi connectivity index (χ3n) is 1.61. The Morgan fingerprint density at radius 3 is 2.62 bits per heavy atom. The lowest BCUT2D eigenvalue weighted by Gasteiger charge is -2.21. The van der Waals surface area contributed by atoms with Gasteiger partial charge in [-0.05, 0) is 34.6 Å². The van der Waals surface area contributed by atoms with E-state index >= 15 is 0 Å². The van der Waals surface area contributed by atoms with Crippen molar-refractivity contribution >= 4 is 17.7 Å². The van der Waals surface area contributed by atoms with Crippen molar-refractivity contribution in [1.29, 1.82) is 0 Å². The average Bonchev–Trinajstić information content (AvgIpc) is 2.48. The Kier molecular flexibility index (Phi) is 4.02. The fourth-order valence-electron chi connectivity index (χ4n) is 0.971. The van der Waals surface area contributed by atoms with E-state index in [-0.39, 0.29) is 11.2 Å². The Balaban J connectivity index is 2.52. The van der Waals surface area contributed by atoms with Crippen molar-refractivity contribution in [1.82, 2.24) is 4.98 Å². The summed E-state index contributed by atoms with van der Waals surface area (Å²) in [6.45, 7) is 9.15. The maximum atomic E-state index is 11.7. The molecule has 0 aliphatic carbocycles. The topological polar surface area (TPSA) is 52.3 Å². The molecule has 0 spiro atoms. The van der Waals surface area contributed by atoms with Gasteiger partial charge >= 0.3 is 5.97 Å². The first-order valence-electron chi connectivity index (χ1n) is 5.09. The molecule has 0 bridgehead atoms. The lowest BCUT2D eigenvalue weighted by Crippen LogP contribution is -2.28. The molecule has 1 aromatic heterocycles. The lowest BCUT2D eigenvalue weighted by molar-refractivity contribution is -0.153. The number of ether oxygens (including phenoxy) is 1. The molecule has 16 heavy (non-hydrogen) atoms. The second kappa shape index (κ2) is 4.91. The third kappa shape index (κ3) is 4.26. The third-order valence-corrected chi connectivity index (χ3v) is 2.55. The highest BCUT2D eigenvalue weighted by atomic mass is 32.2. The Hall–Kier alpha value is -0.970. The first-order chi connectivity index (χ1) is 7.28. The first-order valence-corrected chi connectivity index (χ1v) is 5.97. The molecule has 5 heteroatoms. The number of esters is 1. The fourth-order valence-corrected chi connectivity index (χ4v) is 1.72. The molecule has 0 aliphatic heterocycles. The van der Waals surface area contributed by atoms with Gasteiger partial charge in [-0.25, -0.2) is 4.98 Å². The van der Waals surface area contributed by atoms with Gasteiger partial charge in [-0.3, -0.25) is 4.79 Å². The zero-order chi connectivity index (χ0) is 12.3. The monoisotopic (exact) mass is 243 g/mol. The van der Waals surface area contributed by atoms with Crippen LogP contribution >= 0.6 is 11.8 Å². The second-order valence-corrected chi connectivity index (χ2v) is 5.84. The molecule has 0 N–H and O–H groups in total. The summed E-state index contributed by atoms with van der Waals surface area (Å²) in [5, 5.41) is 0.174. The van der Waals surface area contributed by atoms with Gasteiger partial charge in [0.15, 0.2) is 0 Å². The summed E-state index contributed by atoms with van der Waals surface area (Å²) >= 11 is 1.26. The number of nitrogens with zero attached hydrogens (tertiary/aromatic N) is 1. The van der Waals surface area contributed by atoms with Gasteiger partial charge in [0.1, 0.15) is 17.1 Å². The molecule has 0 amide bonds. The molecule has 0 radical (unpaired) electrons. The molecule has 0 saturated carbocycles. The second-order valence-electron chi connectivity index (χ2n) is 4.55. The maximum Gasteiger partial charge on any atom is 0.319 e. The molecule has 1 rings (SSSR count). The van der Waals surface area contributed by atoms with Crippen molar-refractivity contribution in [3.63, 3.8) is 0 Å². The van der Waals surface area contributed by atoms with E-state index in [1.807, 2.05) is 27.7 Å². The van der Waals surface area contributed by atoms with E-state index in [0.29, 0.717) is 5.22 Å². The van der Waals surface area contributed by atoms with Crippen LogP contribution in [0.4, 0.5) is 0 Å². The minimum Gasteiger partial charge on any atom is -0.459 e. The number of carbonyl (C=O) groups is 1. The van der Waals surface area contributed by atoms with Crippen LogP contribution in [-0.4, -0.2) is 21.8 Å². The van der Waals surface area contributed by atoms with Gasteiger partial charge in [-0.15, -0.1) is 0 Å². The predicted octanol–water partition coefficient (Wildman–Crippen LogP) is 2.81. The van der Waals surface area contributed by atoms with Crippen molar-refractivity contribution in [3.8, 4) is 0 Å². The van der Waals surface area contributed by atoms with Crippen LogP contribution in [0.2, 0.25) is 0 Å². The van der Waals surface area contributed by atoms with E-state index < -0.39 is 5.60 Å². The highest BCUT2D eigenvalue weighted by molar-refractivity contribution is 8.00. The lowest BCUT2D eigenvalue weighted by atomic mass is 10.2. The normalized spacial score (nSPS) is 13.6. The molecular weight excluding hydrogens is 226 g/mol. The van der Waals surface area contributed by atoms with Crippen LogP contribution in [-0.2, 0) is 9.53 Å². The van der Waals surface area contributed by atoms with Gasteiger partial charge in [0.05, 0.1) is 5.69 Å². The van der Waals surface area contributed by atoms with Gasteiger partial charge < -0.3 is 9.15 Å². The molecule has 1 unspecified atom stereocenters. The number of rotatable bonds is 3. The summed E-state index contributed by atoms with van der Waals surface area (Å²) in [7, 11) is 0. The van der Waals surface area contributed by atoms with Gasteiger partial charge in [0.25, 0.3) is 5.22 Å².